The van der Waals surface area contributed by atoms with Gasteiger partial charge in [-0.2, -0.15) is 0 Å². The van der Waals surface area contributed by atoms with Gasteiger partial charge in [-0.05, 0) is 22.9 Å². The van der Waals surface area contributed by atoms with Crippen molar-refractivity contribution in [1.29, 1.82) is 0 Å². The molecule has 0 fully saturated rings. The minimum absolute atomic E-state index is 1.10. The zero-order chi connectivity index (χ0) is 15.7. The van der Waals surface area contributed by atoms with Crippen molar-refractivity contribution >= 4 is 64.1 Å². The molecule has 0 saturated heterocycles. The minimum atomic E-state index is 1.10. The van der Waals surface area contributed by atoms with Crippen LogP contribution in [-0.2, 0) is 0 Å². The third-order valence-corrected chi connectivity index (χ3v) is 6.08. The lowest BCUT2D eigenvalue weighted by molar-refractivity contribution is 1.35. The molecule has 0 aliphatic carbocycles. The van der Waals surface area contributed by atoms with Crippen molar-refractivity contribution in [3.63, 3.8) is 0 Å². The Morgan fingerprint density at radius 1 is 0.750 bits per heavy atom. The van der Waals surface area contributed by atoms with Gasteiger partial charge in [0.15, 0.2) is 0 Å². The van der Waals surface area contributed by atoms with Crippen LogP contribution in [0.4, 0.5) is 0 Å². The van der Waals surface area contributed by atoms with E-state index in [1.165, 1.54) is 47.2 Å². The summed E-state index contributed by atoms with van der Waals surface area (Å²) in [5.74, 6) is 0. The molecule has 24 heavy (non-hydrogen) atoms. The fourth-order valence-corrected chi connectivity index (χ4v) is 5.13. The van der Waals surface area contributed by atoms with Gasteiger partial charge in [0.05, 0.1) is 21.9 Å². The molecular weight excluding hydrogens is 312 g/mol. The zero-order valence-electron chi connectivity index (χ0n) is 12.7. The number of nitrogens with zero attached hydrogens (tertiary/aromatic N) is 1. The normalized spacial score (nSPS) is 12.2. The summed E-state index contributed by atoms with van der Waals surface area (Å²) in [4.78, 5) is 7.91. The van der Waals surface area contributed by atoms with Crippen molar-refractivity contribution in [2.45, 2.75) is 0 Å². The molecular formula is C21H12N2S. The van der Waals surface area contributed by atoms with Crippen LogP contribution in [0.3, 0.4) is 0 Å². The highest BCUT2D eigenvalue weighted by Gasteiger charge is 2.16. The van der Waals surface area contributed by atoms with Gasteiger partial charge in [-0.1, -0.05) is 42.5 Å². The van der Waals surface area contributed by atoms with Gasteiger partial charge in [-0.25, -0.2) is 0 Å². The molecule has 0 atom stereocenters. The standard InChI is InChI=1S/C21H12N2S/c1-2-6-13-12(5-1)18-14-9-10-22-11-16(14)23-20(18)21-19(13)15-7-3-4-8-17(15)24-21/h1-11,23H. The highest BCUT2D eigenvalue weighted by molar-refractivity contribution is 7.27. The molecule has 0 bridgehead atoms. The van der Waals surface area contributed by atoms with Gasteiger partial charge < -0.3 is 4.98 Å². The molecule has 3 heterocycles. The van der Waals surface area contributed by atoms with E-state index in [1.807, 2.05) is 23.7 Å². The van der Waals surface area contributed by atoms with Crippen LogP contribution in [0, 0.1) is 0 Å². The topological polar surface area (TPSA) is 28.7 Å². The van der Waals surface area contributed by atoms with Gasteiger partial charge in [0, 0.05) is 32.4 Å². The number of rotatable bonds is 0. The van der Waals surface area contributed by atoms with E-state index in [0.29, 0.717) is 0 Å². The molecule has 3 aromatic heterocycles. The molecule has 0 spiro atoms. The van der Waals surface area contributed by atoms with Crippen LogP contribution >= 0.6 is 11.3 Å². The van der Waals surface area contributed by atoms with Crippen LogP contribution < -0.4 is 0 Å². The Morgan fingerprint density at radius 3 is 2.38 bits per heavy atom. The summed E-state index contributed by atoms with van der Waals surface area (Å²) in [6, 6.07) is 19.5. The maximum atomic E-state index is 4.28. The van der Waals surface area contributed by atoms with E-state index in [2.05, 4.69) is 64.6 Å². The van der Waals surface area contributed by atoms with Crippen molar-refractivity contribution < 1.29 is 0 Å². The minimum Gasteiger partial charge on any atom is -0.352 e. The molecule has 0 aliphatic heterocycles. The summed E-state index contributed by atoms with van der Waals surface area (Å²) in [6.45, 7) is 0. The quantitative estimate of drug-likeness (QED) is 0.352. The van der Waals surface area contributed by atoms with Crippen LogP contribution in [0.5, 0.6) is 0 Å². The summed E-state index contributed by atoms with van der Waals surface area (Å²) in [6.07, 6.45) is 3.79. The van der Waals surface area contributed by atoms with Gasteiger partial charge in [-0.15, -0.1) is 11.3 Å². The number of fused-ring (bicyclic) bond motifs is 10. The van der Waals surface area contributed by atoms with Crippen LogP contribution in [0.15, 0.2) is 67.0 Å². The number of aromatic nitrogens is 2. The first kappa shape index (κ1) is 12.5. The smallest absolute Gasteiger partial charge is 0.0653 e. The lowest BCUT2D eigenvalue weighted by atomic mass is 9.99. The lowest BCUT2D eigenvalue weighted by Crippen LogP contribution is -1.77. The predicted molar refractivity (Wildman–Crippen MR) is 104 cm³/mol. The van der Waals surface area contributed by atoms with E-state index in [0.717, 1.165) is 5.52 Å². The molecule has 3 heteroatoms. The summed E-state index contributed by atoms with van der Waals surface area (Å²) < 4.78 is 2.67. The predicted octanol–water partition coefficient (Wildman–Crippen LogP) is 6.24. The number of hydrogen-bond donors (Lipinski definition) is 1. The van der Waals surface area contributed by atoms with Gasteiger partial charge in [0.2, 0.25) is 0 Å². The molecule has 2 nitrogen and oxygen atoms in total. The number of thiophene rings is 1. The van der Waals surface area contributed by atoms with Crippen molar-refractivity contribution in [3.05, 3.63) is 67.0 Å². The molecule has 3 aromatic carbocycles. The van der Waals surface area contributed by atoms with E-state index in [4.69, 9.17) is 0 Å². The Kier molecular flexibility index (Phi) is 2.26. The second kappa shape index (κ2) is 4.34. The van der Waals surface area contributed by atoms with Crippen molar-refractivity contribution in [3.8, 4) is 0 Å². The molecule has 0 radical (unpaired) electrons. The Balaban J connectivity index is 2.07. The Hall–Kier alpha value is -2.91. The van der Waals surface area contributed by atoms with Crippen LogP contribution in [0.2, 0.25) is 0 Å². The molecule has 0 saturated carbocycles. The SMILES string of the molecule is c1ccc2c(c1)sc1c3[nH]c4cnccc4c3c3ccccc3c21. The summed E-state index contributed by atoms with van der Waals surface area (Å²) in [5, 5.41) is 7.89. The second-order valence-corrected chi connectivity index (χ2v) is 7.20. The molecule has 0 aliphatic rings. The Labute approximate surface area is 141 Å². The molecule has 112 valence electrons. The van der Waals surface area contributed by atoms with E-state index < -0.39 is 0 Å². The monoisotopic (exact) mass is 324 g/mol. The maximum Gasteiger partial charge on any atom is 0.0653 e. The molecule has 0 amide bonds. The first-order valence-electron chi connectivity index (χ1n) is 7.99. The van der Waals surface area contributed by atoms with E-state index in [1.54, 1.807) is 0 Å². The second-order valence-electron chi connectivity index (χ2n) is 6.14. The summed E-state index contributed by atoms with van der Waals surface area (Å²) in [7, 11) is 0. The van der Waals surface area contributed by atoms with E-state index in [-0.39, 0.29) is 0 Å². The molecule has 6 rings (SSSR count). The zero-order valence-corrected chi connectivity index (χ0v) is 13.5. The first-order valence-corrected chi connectivity index (χ1v) is 8.81. The van der Waals surface area contributed by atoms with Crippen LogP contribution in [-0.4, -0.2) is 9.97 Å². The number of aromatic amines is 1. The fourth-order valence-electron chi connectivity index (χ4n) is 3.90. The van der Waals surface area contributed by atoms with Gasteiger partial charge in [0.25, 0.3) is 0 Å². The molecule has 1 N–H and O–H groups in total. The van der Waals surface area contributed by atoms with Gasteiger partial charge >= 0.3 is 0 Å². The van der Waals surface area contributed by atoms with Crippen molar-refractivity contribution in [2.75, 3.05) is 0 Å². The van der Waals surface area contributed by atoms with Crippen molar-refractivity contribution in [2.24, 2.45) is 0 Å². The Bertz CT molecular complexity index is 1300. The average Bonchev–Trinajstić information content (AvgIpc) is 3.21. The molecule has 6 aromatic rings. The number of nitrogens with one attached hydrogen (secondary N) is 1. The van der Waals surface area contributed by atoms with Gasteiger partial charge in [0.1, 0.15) is 0 Å². The third kappa shape index (κ3) is 1.43. The highest BCUT2D eigenvalue weighted by atomic mass is 32.1. The summed E-state index contributed by atoms with van der Waals surface area (Å²) in [5.41, 5.74) is 2.33. The third-order valence-electron chi connectivity index (χ3n) is 4.89. The maximum absolute atomic E-state index is 4.28. The largest absolute Gasteiger partial charge is 0.352 e. The number of pyridine rings is 1. The van der Waals surface area contributed by atoms with Gasteiger partial charge in [-0.3, -0.25) is 4.98 Å². The number of H-pyrrole nitrogens is 1. The van der Waals surface area contributed by atoms with E-state index in [9.17, 15) is 0 Å². The first-order chi connectivity index (χ1) is 11.9. The lowest BCUT2D eigenvalue weighted by Gasteiger charge is -2.04. The van der Waals surface area contributed by atoms with Crippen LogP contribution in [0.25, 0.3) is 52.8 Å². The fraction of sp³-hybridized carbons (Fsp3) is 0. The van der Waals surface area contributed by atoms with Crippen molar-refractivity contribution in [1.82, 2.24) is 9.97 Å². The highest BCUT2D eigenvalue weighted by Crippen LogP contribution is 2.45. The number of benzene rings is 3. The molecule has 0 unspecified atom stereocenters. The van der Waals surface area contributed by atoms with E-state index >= 15 is 0 Å². The average molecular weight is 324 g/mol. The number of hydrogen-bond acceptors (Lipinski definition) is 2. The Morgan fingerprint density at radius 2 is 1.50 bits per heavy atom. The summed E-state index contributed by atoms with van der Waals surface area (Å²) >= 11 is 1.87. The van der Waals surface area contributed by atoms with Crippen LogP contribution in [0.1, 0.15) is 0 Å².